The van der Waals surface area contributed by atoms with E-state index < -0.39 is 0 Å². The van der Waals surface area contributed by atoms with Crippen molar-refractivity contribution in [3.05, 3.63) is 22.9 Å². The number of nitrogens with one attached hydrogen (secondary N) is 1. The van der Waals surface area contributed by atoms with Gasteiger partial charge in [0.15, 0.2) is 0 Å². The van der Waals surface area contributed by atoms with Crippen molar-refractivity contribution in [2.45, 2.75) is 39.7 Å². The van der Waals surface area contributed by atoms with Gasteiger partial charge < -0.3 is 5.32 Å². The summed E-state index contributed by atoms with van der Waals surface area (Å²) in [6.07, 6.45) is 2.24. The van der Waals surface area contributed by atoms with Crippen LogP contribution in [0.4, 0.5) is 5.82 Å². The Bertz CT molecular complexity index is 331. The second-order valence-electron chi connectivity index (χ2n) is 3.85. The fourth-order valence-electron chi connectivity index (χ4n) is 2.02. The molecule has 2 rings (SSSR count). The van der Waals surface area contributed by atoms with Crippen molar-refractivity contribution in [1.82, 2.24) is 4.98 Å². The summed E-state index contributed by atoms with van der Waals surface area (Å²) < 4.78 is 0. The van der Waals surface area contributed by atoms with Gasteiger partial charge >= 0.3 is 0 Å². The molecule has 1 unspecified atom stereocenters. The van der Waals surface area contributed by atoms with Gasteiger partial charge in [-0.1, -0.05) is 6.92 Å². The molecular formula is C11H16N2. The molecule has 1 aromatic rings. The van der Waals surface area contributed by atoms with Gasteiger partial charge in [-0.3, -0.25) is 0 Å². The number of rotatable bonds is 1. The molecule has 0 radical (unpaired) electrons. The lowest BCUT2D eigenvalue weighted by Gasteiger charge is -2.05. The first-order valence-electron chi connectivity index (χ1n) is 4.96. The molecular weight excluding hydrogens is 160 g/mol. The fraction of sp³-hybridized carbons (Fsp3) is 0.545. The highest BCUT2D eigenvalue weighted by Crippen LogP contribution is 2.27. The Morgan fingerprint density at radius 1 is 1.62 bits per heavy atom. The largest absolute Gasteiger partial charge is 0.367 e. The van der Waals surface area contributed by atoms with Gasteiger partial charge in [0.25, 0.3) is 0 Å². The molecule has 0 spiro atoms. The van der Waals surface area contributed by atoms with Gasteiger partial charge in [-0.05, 0) is 43.9 Å². The summed E-state index contributed by atoms with van der Waals surface area (Å²) in [7, 11) is 0. The molecule has 1 N–H and O–H groups in total. The Kier molecular flexibility index (Phi) is 1.98. The summed E-state index contributed by atoms with van der Waals surface area (Å²) >= 11 is 0. The molecule has 0 saturated carbocycles. The molecule has 0 bridgehead atoms. The first-order valence-corrected chi connectivity index (χ1v) is 4.96. The van der Waals surface area contributed by atoms with Crippen LogP contribution in [0.15, 0.2) is 6.07 Å². The number of aryl methyl sites for hydroxylation is 2. The normalized spacial score (nSPS) is 19.8. The number of aromatic nitrogens is 1. The molecule has 1 aromatic heterocycles. The Morgan fingerprint density at radius 3 is 3.08 bits per heavy atom. The second-order valence-corrected chi connectivity index (χ2v) is 3.85. The molecule has 0 fully saturated rings. The van der Waals surface area contributed by atoms with E-state index in [1.54, 1.807) is 0 Å². The van der Waals surface area contributed by atoms with Crippen LogP contribution in [0, 0.1) is 6.92 Å². The molecule has 70 valence electrons. The SMILES string of the molecule is CCc1cc(C)nc2c1CC(C)N2. The number of hydrogen-bond acceptors (Lipinski definition) is 2. The second kappa shape index (κ2) is 3.02. The molecule has 2 heteroatoms. The zero-order valence-electron chi connectivity index (χ0n) is 8.52. The number of nitrogens with zero attached hydrogens (tertiary/aromatic N) is 1. The van der Waals surface area contributed by atoms with E-state index in [9.17, 15) is 0 Å². The molecule has 1 aliphatic heterocycles. The molecule has 0 aliphatic carbocycles. The van der Waals surface area contributed by atoms with Crippen LogP contribution >= 0.6 is 0 Å². The highest BCUT2D eigenvalue weighted by Gasteiger charge is 2.20. The lowest BCUT2D eigenvalue weighted by atomic mass is 10.0. The summed E-state index contributed by atoms with van der Waals surface area (Å²) in [6, 6.07) is 2.76. The van der Waals surface area contributed by atoms with E-state index in [0.717, 1.165) is 24.4 Å². The van der Waals surface area contributed by atoms with Crippen molar-refractivity contribution in [2.75, 3.05) is 5.32 Å². The van der Waals surface area contributed by atoms with Crippen LogP contribution in [-0.2, 0) is 12.8 Å². The molecule has 13 heavy (non-hydrogen) atoms. The quantitative estimate of drug-likeness (QED) is 0.710. The summed E-state index contributed by atoms with van der Waals surface area (Å²) in [6.45, 7) is 6.47. The van der Waals surface area contributed by atoms with Crippen LogP contribution in [0.1, 0.15) is 30.7 Å². The Morgan fingerprint density at radius 2 is 2.38 bits per heavy atom. The van der Waals surface area contributed by atoms with E-state index in [1.165, 1.54) is 11.1 Å². The first-order chi connectivity index (χ1) is 6.20. The Labute approximate surface area is 79.4 Å². The fourth-order valence-corrected chi connectivity index (χ4v) is 2.02. The zero-order valence-corrected chi connectivity index (χ0v) is 8.52. The van der Waals surface area contributed by atoms with E-state index in [2.05, 4.69) is 37.1 Å². The van der Waals surface area contributed by atoms with Gasteiger partial charge in [0, 0.05) is 11.7 Å². The van der Waals surface area contributed by atoms with Gasteiger partial charge in [0.1, 0.15) is 5.82 Å². The first kappa shape index (κ1) is 8.54. The van der Waals surface area contributed by atoms with E-state index in [4.69, 9.17) is 0 Å². The smallest absolute Gasteiger partial charge is 0.130 e. The highest BCUT2D eigenvalue weighted by molar-refractivity contribution is 5.55. The number of anilines is 1. The lowest BCUT2D eigenvalue weighted by molar-refractivity contribution is 0.832. The third-order valence-electron chi connectivity index (χ3n) is 2.62. The predicted molar refractivity (Wildman–Crippen MR) is 55.1 cm³/mol. The highest BCUT2D eigenvalue weighted by atomic mass is 15.0. The maximum Gasteiger partial charge on any atom is 0.130 e. The topological polar surface area (TPSA) is 24.9 Å². The third-order valence-corrected chi connectivity index (χ3v) is 2.62. The Hall–Kier alpha value is -1.05. The van der Waals surface area contributed by atoms with Crippen LogP contribution in [0.3, 0.4) is 0 Å². The monoisotopic (exact) mass is 176 g/mol. The molecule has 1 aliphatic rings. The standard InChI is InChI=1S/C11H16N2/c1-4-9-5-7(2)12-11-10(9)6-8(3)13-11/h5,8H,4,6H2,1-3H3,(H,12,13). The van der Waals surface area contributed by atoms with Crippen LogP contribution in [-0.4, -0.2) is 11.0 Å². The van der Waals surface area contributed by atoms with Crippen LogP contribution in [0.2, 0.25) is 0 Å². The number of pyridine rings is 1. The minimum atomic E-state index is 0.551. The van der Waals surface area contributed by atoms with Crippen molar-refractivity contribution in [3.8, 4) is 0 Å². The zero-order chi connectivity index (χ0) is 9.42. The number of fused-ring (bicyclic) bond motifs is 1. The van der Waals surface area contributed by atoms with Crippen molar-refractivity contribution in [1.29, 1.82) is 0 Å². The molecule has 0 aromatic carbocycles. The van der Waals surface area contributed by atoms with E-state index >= 15 is 0 Å². The van der Waals surface area contributed by atoms with Gasteiger partial charge in [-0.15, -0.1) is 0 Å². The third kappa shape index (κ3) is 1.41. The molecule has 2 nitrogen and oxygen atoms in total. The minimum absolute atomic E-state index is 0.551. The summed E-state index contributed by atoms with van der Waals surface area (Å²) in [5.41, 5.74) is 4.01. The van der Waals surface area contributed by atoms with Crippen LogP contribution in [0.25, 0.3) is 0 Å². The van der Waals surface area contributed by atoms with Gasteiger partial charge in [-0.25, -0.2) is 4.98 Å². The van der Waals surface area contributed by atoms with Crippen molar-refractivity contribution < 1.29 is 0 Å². The van der Waals surface area contributed by atoms with Crippen molar-refractivity contribution in [3.63, 3.8) is 0 Å². The summed E-state index contributed by atoms with van der Waals surface area (Å²) in [4.78, 5) is 4.50. The molecule has 1 atom stereocenters. The number of hydrogen-bond donors (Lipinski definition) is 1. The predicted octanol–water partition coefficient (Wildman–Crippen LogP) is 2.31. The van der Waals surface area contributed by atoms with E-state index in [-0.39, 0.29) is 0 Å². The van der Waals surface area contributed by atoms with E-state index in [0.29, 0.717) is 6.04 Å². The summed E-state index contributed by atoms with van der Waals surface area (Å²) in [5.74, 6) is 1.12. The molecule has 0 amide bonds. The van der Waals surface area contributed by atoms with Crippen LogP contribution in [0.5, 0.6) is 0 Å². The maximum absolute atomic E-state index is 4.50. The Balaban J connectivity index is 2.50. The lowest BCUT2D eigenvalue weighted by Crippen LogP contribution is -2.09. The van der Waals surface area contributed by atoms with Crippen molar-refractivity contribution in [2.24, 2.45) is 0 Å². The molecule has 2 heterocycles. The van der Waals surface area contributed by atoms with E-state index in [1.807, 2.05) is 0 Å². The average Bonchev–Trinajstić information content (AvgIpc) is 2.43. The average molecular weight is 176 g/mol. The summed E-state index contributed by atoms with van der Waals surface area (Å²) in [5, 5.41) is 3.40. The van der Waals surface area contributed by atoms with Gasteiger partial charge in [0.2, 0.25) is 0 Å². The maximum atomic E-state index is 4.50. The van der Waals surface area contributed by atoms with Gasteiger partial charge in [0.05, 0.1) is 0 Å². The molecule has 0 saturated heterocycles. The van der Waals surface area contributed by atoms with Crippen molar-refractivity contribution >= 4 is 5.82 Å². The van der Waals surface area contributed by atoms with Gasteiger partial charge in [-0.2, -0.15) is 0 Å². The van der Waals surface area contributed by atoms with Crippen LogP contribution < -0.4 is 5.32 Å². The minimum Gasteiger partial charge on any atom is -0.367 e.